The molecule has 10 heteroatoms. The van der Waals surface area contributed by atoms with E-state index in [0.717, 1.165) is 67.4 Å². The Morgan fingerprint density at radius 1 is 1.16 bits per heavy atom. The molecule has 1 aromatic carbocycles. The van der Waals surface area contributed by atoms with Crippen LogP contribution in [0.2, 0.25) is 5.02 Å². The number of carbonyl (C=O) groups excluding carboxylic acids is 1. The molecular weight excluding hydrogens is 488 g/mol. The normalized spacial score (nSPS) is 25.7. The van der Waals surface area contributed by atoms with Gasteiger partial charge in [-0.25, -0.2) is 0 Å². The zero-order valence-corrected chi connectivity index (χ0v) is 22.4. The Hall–Kier alpha value is -2.75. The second kappa shape index (κ2) is 8.12. The van der Waals surface area contributed by atoms with Crippen LogP contribution in [-0.2, 0) is 17.9 Å². The highest BCUT2D eigenvalue weighted by molar-refractivity contribution is 6.30. The average molecular weight is 521 g/mol. The minimum atomic E-state index is -0.455. The number of hydrogen-bond donors (Lipinski definition) is 1. The molecule has 9 nitrogen and oxygen atoms in total. The lowest BCUT2D eigenvalue weighted by Gasteiger charge is -2.60. The minimum Gasteiger partial charge on any atom is -0.355 e. The van der Waals surface area contributed by atoms with Crippen molar-refractivity contribution >= 4 is 23.7 Å². The Kier molecular flexibility index (Phi) is 5.13. The molecule has 1 unspecified atom stereocenters. The molecule has 3 aliphatic heterocycles. The molecule has 3 fully saturated rings. The number of allylic oxidation sites excluding steroid dienone is 2. The van der Waals surface area contributed by atoms with Gasteiger partial charge < -0.3 is 10.2 Å². The van der Waals surface area contributed by atoms with Crippen molar-refractivity contribution in [1.29, 1.82) is 0 Å². The van der Waals surface area contributed by atoms with Gasteiger partial charge in [-0.2, -0.15) is 0 Å². The molecule has 2 aromatic rings. The molecular formula is C27H33ClN8O. The number of likely N-dealkylation sites (N-methyl/N-ethyl adjacent to an activating group) is 1. The fourth-order valence-corrected chi connectivity index (χ4v) is 7.11. The van der Waals surface area contributed by atoms with E-state index in [1.165, 1.54) is 0 Å². The first-order valence-electron chi connectivity index (χ1n) is 13.2. The number of nitrogens with one attached hydrogen (secondary N) is 1. The van der Waals surface area contributed by atoms with E-state index in [2.05, 4.69) is 37.7 Å². The number of benzene rings is 1. The number of rotatable bonds is 4. The average Bonchev–Trinajstić information content (AvgIpc) is 3.55. The Labute approximate surface area is 222 Å². The van der Waals surface area contributed by atoms with Gasteiger partial charge in [0.15, 0.2) is 12.1 Å². The van der Waals surface area contributed by atoms with Gasteiger partial charge in [0.2, 0.25) is 5.91 Å². The number of likely N-dealkylation sites (tertiary alicyclic amines) is 1. The number of nitrogens with zero attached hydrogens (tertiary/aromatic N) is 7. The van der Waals surface area contributed by atoms with E-state index in [-0.39, 0.29) is 12.2 Å². The largest absolute Gasteiger partial charge is 0.355 e. The van der Waals surface area contributed by atoms with Crippen molar-refractivity contribution in [3.05, 3.63) is 52.2 Å². The lowest BCUT2D eigenvalue weighted by atomic mass is 9.57. The van der Waals surface area contributed by atoms with Crippen LogP contribution in [0.4, 0.5) is 0 Å². The highest BCUT2D eigenvalue weighted by atomic mass is 35.5. The summed E-state index contributed by atoms with van der Waals surface area (Å²) < 4.78 is 2.26. The molecule has 194 valence electrons. The van der Waals surface area contributed by atoms with Crippen LogP contribution >= 0.6 is 11.6 Å². The van der Waals surface area contributed by atoms with Gasteiger partial charge in [-0.3, -0.25) is 24.2 Å². The maximum atomic E-state index is 13.2. The van der Waals surface area contributed by atoms with Gasteiger partial charge in [0.05, 0.1) is 12.2 Å². The number of aromatic nitrogens is 3. The predicted molar refractivity (Wildman–Crippen MR) is 141 cm³/mol. The van der Waals surface area contributed by atoms with Gasteiger partial charge in [-0.15, -0.1) is 10.2 Å². The van der Waals surface area contributed by atoms with Crippen LogP contribution in [0.1, 0.15) is 55.7 Å². The first kappa shape index (κ1) is 23.4. The topological polar surface area (TPSA) is 81.9 Å². The summed E-state index contributed by atoms with van der Waals surface area (Å²) in [4.78, 5) is 24.2. The summed E-state index contributed by atoms with van der Waals surface area (Å²) in [5, 5.41) is 13.6. The van der Waals surface area contributed by atoms with Crippen molar-refractivity contribution in [1.82, 2.24) is 34.8 Å². The van der Waals surface area contributed by atoms with Crippen molar-refractivity contribution in [3.63, 3.8) is 0 Å². The first-order chi connectivity index (χ1) is 17.8. The summed E-state index contributed by atoms with van der Waals surface area (Å²) >= 11 is 6.46. The van der Waals surface area contributed by atoms with Crippen LogP contribution in [0.15, 0.2) is 35.0 Å². The van der Waals surface area contributed by atoms with Crippen molar-refractivity contribution in [2.75, 3.05) is 27.2 Å². The SMILES string of the molecule is CC1=CC=NC(N2CC3(CC(c4nnc5n4-c4ccc(Cl)cc4CN(C4(C(=O)N(C)C)CC4)C5)C3)C2)N1. The van der Waals surface area contributed by atoms with Gasteiger partial charge in [-0.1, -0.05) is 11.6 Å². The smallest absolute Gasteiger partial charge is 0.242 e. The molecule has 1 spiro atoms. The summed E-state index contributed by atoms with van der Waals surface area (Å²) in [6, 6.07) is 6.08. The van der Waals surface area contributed by atoms with Crippen LogP contribution in [0.5, 0.6) is 0 Å². The molecule has 1 aromatic heterocycles. The van der Waals surface area contributed by atoms with E-state index in [4.69, 9.17) is 21.8 Å². The molecule has 4 heterocycles. The third-order valence-corrected chi connectivity index (χ3v) is 9.15. The first-order valence-corrected chi connectivity index (χ1v) is 13.6. The van der Waals surface area contributed by atoms with E-state index in [0.29, 0.717) is 29.4 Å². The monoisotopic (exact) mass is 520 g/mol. The summed E-state index contributed by atoms with van der Waals surface area (Å²) in [6.07, 6.45) is 7.94. The van der Waals surface area contributed by atoms with Crippen molar-refractivity contribution in [2.24, 2.45) is 10.4 Å². The zero-order chi connectivity index (χ0) is 25.5. The summed E-state index contributed by atoms with van der Waals surface area (Å²) in [5.74, 6) is 2.50. The Balaban J connectivity index is 1.14. The number of fused-ring (bicyclic) bond motifs is 3. The Bertz CT molecular complexity index is 1330. The van der Waals surface area contributed by atoms with Gasteiger partial charge in [0, 0.05) is 56.6 Å². The maximum absolute atomic E-state index is 13.2. The van der Waals surface area contributed by atoms with E-state index in [9.17, 15) is 4.79 Å². The highest BCUT2D eigenvalue weighted by Gasteiger charge is 2.57. The number of halogens is 1. The van der Waals surface area contributed by atoms with Gasteiger partial charge >= 0.3 is 0 Å². The molecule has 0 bridgehead atoms. The maximum Gasteiger partial charge on any atom is 0.242 e. The molecule has 37 heavy (non-hydrogen) atoms. The molecule has 2 aliphatic carbocycles. The number of amides is 1. The van der Waals surface area contributed by atoms with E-state index < -0.39 is 5.54 Å². The molecule has 0 radical (unpaired) electrons. The van der Waals surface area contributed by atoms with Crippen molar-refractivity contribution in [2.45, 2.75) is 63.4 Å². The van der Waals surface area contributed by atoms with Crippen LogP contribution in [-0.4, -0.2) is 80.6 Å². The number of carbonyl (C=O) groups is 1. The van der Waals surface area contributed by atoms with Crippen LogP contribution in [0.3, 0.4) is 0 Å². The molecule has 1 amide bonds. The third-order valence-electron chi connectivity index (χ3n) is 8.92. The lowest BCUT2D eigenvalue weighted by molar-refractivity contribution is -0.136. The lowest BCUT2D eigenvalue weighted by Crippen LogP contribution is -2.66. The third kappa shape index (κ3) is 3.66. The zero-order valence-electron chi connectivity index (χ0n) is 21.6. The molecule has 7 rings (SSSR count). The fraction of sp³-hybridized carbons (Fsp3) is 0.556. The van der Waals surface area contributed by atoms with Crippen molar-refractivity contribution < 1.29 is 4.79 Å². The molecule has 1 N–H and O–H groups in total. The standard InChI is InChI=1S/C27H33ClN8O/c1-17-6-9-29-25(30-17)34-15-26(16-34)11-19(12-26)23-32-31-22-14-35(27(7-8-27)24(37)33(2)3)13-18-10-20(28)4-5-21(18)36(22)23/h4-6,9-10,19,25,30H,7-8,11-16H2,1-3H3. The van der Waals surface area contributed by atoms with E-state index in [1.807, 2.05) is 38.5 Å². The Morgan fingerprint density at radius 3 is 2.65 bits per heavy atom. The molecule has 2 saturated carbocycles. The molecule has 1 saturated heterocycles. The quantitative estimate of drug-likeness (QED) is 0.667. The van der Waals surface area contributed by atoms with E-state index in [1.54, 1.807) is 4.90 Å². The summed E-state index contributed by atoms with van der Waals surface area (Å²) in [5.41, 5.74) is 3.27. The van der Waals surface area contributed by atoms with Crippen molar-refractivity contribution in [3.8, 4) is 5.69 Å². The highest BCUT2D eigenvalue weighted by Crippen LogP contribution is 2.56. The van der Waals surface area contributed by atoms with E-state index >= 15 is 0 Å². The van der Waals surface area contributed by atoms with Gasteiger partial charge in [0.1, 0.15) is 11.4 Å². The summed E-state index contributed by atoms with van der Waals surface area (Å²) in [6.45, 7) is 5.47. The number of aliphatic imine (C=N–C) groups is 1. The van der Waals surface area contributed by atoms with Crippen LogP contribution in [0, 0.1) is 5.41 Å². The number of hydrogen-bond acceptors (Lipinski definition) is 7. The molecule has 1 atom stereocenters. The fourth-order valence-electron chi connectivity index (χ4n) is 6.92. The van der Waals surface area contributed by atoms with Gasteiger partial charge in [-0.05, 0) is 67.9 Å². The van der Waals surface area contributed by atoms with Gasteiger partial charge in [0.25, 0.3) is 0 Å². The Morgan fingerprint density at radius 2 is 1.95 bits per heavy atom. The second-order valence-electron chi connectivity index (χ2n) is 11.8. The summed E-state index contributed by atoms with van der Waals surface area (Å²) in [7, 11) is 3.68. The second-order valence-corrected chi connectivity index (χ2v) is 12.3. The van der Waals surface area contributed by atoms with Crippen LogP contribution in [0.25, 0.3) is 5.69 Å². The van der Waals surface area contributed by atoms with Crippen LogP contribution < -0.4 is 5.32 Å². The predicted octanol–water partition coefficient (Wildman–Crippen LogP) is 2.90. The minimum absolute atomic E-state index is 0.0567. The molecule has 5 aliphatic rings.